The van der Waals surface area contributed by atoms with Crippen LogP contribution in [0.2, 0.25) is 0 Å². The molecule has 0 aliphatic heterocycles. The van der Waals surface area contributed by atoms with Crippen molar-refractivity contribution in [1.82, 2.24) is 0 Å². The maximum absolute atomic E-state index is 10.5. The molecule has 0 saturated carbocycles. The second-order valence-corrected chi connectivity index (χ2v) is 10.8. The molecule has 0 saturated heterocycles. The normalized spacial score (nSPS) is 12.9. The molecule has 4 heteroatoms. The van der Waals surface area contributed by atoms with Crippen LogP contribution in [0.3, 0.4) is 0 Å². The maximum Gasteiger partial charge on any atom is 0.303 e. The number of hydrogen-bond donors (Lipinski definition) is 2. The molecule has 0 aromatic heterocycles. The van der Waals surface area contributed by atoms with Crippen molar-refractivity contribution in [3.63, 3.8) is 0 Å². The van der Waals surface area contributed by atoms with Gasteiger partial charge in [0, 0.05) is 6.42 Å². The molecule has 0 heterocycles. The Bertz CT molecular complexity index is 411. The Morgan fingerprint density at radius 2 is 1.06 bits per heavy atom. The molecule has 32 heavy (non-hydrogen) atoms. The highest BCUT2D eigenvalue weighted by Crippen LogP contribution is 2.15. The molecule has 0 spiro atoms. The van der Waals surface area contributed by atoms with Gasteiger partial charge in [-0.25, -0.2) is 0 Å². The van der Waals surface area contributed by atoms with Crippen LogP contribution >= 0.6 is 0 Å². The van der Waals surface area contributed by atoms with E-state index >= 15 is 0 Å². The van der Waals surface area contributed by atoms with Crippen molar-refractivity contribution >= 4 is 5.97 Å². The van der Waals surface area contributed by atoms with E-state index in [2.05, 4.69) is 21.0 Å². The number of carboxylic acid groups (broad SMARTS) is 1. The van der Waals surface area contributed by atoms with E-state index in [-0.39, 0.29) is 6.10 Å². The largest absolute Gasteiger partial charge is 0.481 e. The average molecular weight is 457 g/mol. The van der Waals surface area contributed by atoms with Gasteiger partial charge in [0.25, 0.3) is 0 Å². The predicted octanol–water partition coefficient (Wildman–Crippen LogP) is 7.72. The number of likely N-dealkylation sites (N-methyl/N-ethyl adjacent to an activating group) is 1. The second-order valence-electron chi connectivity index (χ2n) is 10.8. The molecule has 0 aliphatic carbocycles. The maximum atomic E-state index is 10.5. The fraction of sp³-hybridized carbons (Fsp3) is 0.964. The van der Waals surface area contributed by atoms with E-state index < -0.39 is 5.97 Å². The van der Waals surface area contributed by atoms with Crippen molar-refractivity contribution in [2.75, 3.05) is 27.2 Å². The topological polar surface area (TPSA) is 57.5 Å². The highest BCUT2D eigenvalue weighted by atomic mass is 16.4. The molecule has 0 amide bonds. The minimum absolute atomic E-state index is 0.172. The van der Waals surface area contributed by atoms with Crippen molar-refractivity contribution in [2.45, 2.75) is 148 Å². The Morgan fingerprint density at radius 1 is 0.656 bits per heavy atom. The number of aliphatic hydroxyl groups excluding tert-OH is 1. The molecule has 0 aliphatic rings. The van der Waals surface area contributed by atoms with E-state index in [0.29, 0.717) is 6.42 Å². The third-order valence-electron chi connectivity index (χ3n) is 6.75. The summed E-state index contributed by atoms with van der Waals surface area (Å²) in [6.45, 7) is 4.25. The van der Waals surface area contributed by atoms with Crippen molar-refractivity contribution < 1.29 is 19.5 Å². The Labute approximate surface area is 200 Å². The molecule has 1 unspecified atom stereocenters. The number of carbonyl (C=O) groups is 1. The van der Waals surface area contributed by atoms with Crippen LogP contribution in [0.4, 0.5) is 0 Å². The summed E-state index contributed by atoms with van der Waals surface area (Å²) >= 11 is 0. The fourth-order valence-electron chi connectivity index (χ4n) is 4.67. The number of unbranched alkanes of at least 4 members (excludes halogenated alkanes) is 17. The standard InChI is InChI=1S/C28H57NO3/c1-4-5-6-7-8-9-10-11-12-13-14-17-20-23-27(30)26-29(2,3)25-22-19-16-15-18-21-24-28(31)32/h27,30H,4-26H2,1-3H3/p+1. The van der Waals surface area contributed by atoms with E-state index in [1.807, 2.05) is 0 Å². The Hall–Kier alpha value is -0.610. The van der Waals surface area contributed by atoms with E-state index in [4.69, 9.17) is 5.11 Å². The SMILES string of the molecule is CCCCCCCCCCCCCCCC(O)C[N+](C)(C)CCCCCCCCC(=O)O. The fourth-order valence-corrected chi connectivity index (χ4v) is 4.67. The first-order chi connectivity index (χ1) is 15.4. The number of aliphatic carboxylic acids is 1. The van der Waals surface area contributed by atoms with Gasteiger partial charge >= 0.3 is 5.97 Å². The molecule has 4 nitrogen and oxygen atoms in total. The molecule has 2 N–H and O–H groups in total. The third kappa shape index (κ3) is 24.0. The van der Waals surface area contributed by atoms with E-state index in [1.165, 1.54) is 96.3 Å². The van der Waals surface area contributed by atoms with Gasteiger partial charge in [-0.15, -0.1) is 0 Å². The van der Waals surface area contributed by atoms with Crippen molar-refractivity contribution in [3.05, 3.63) is 0 Å². The summed E-state index contributed by atoms with van der Waals surface area (Å²) < 4.78 is 0.901. The Kier molecular flexibility index (Phi) is 21.8. The van der Waals surface area contributed by atoms with Crippen LogP contribution in [0.1, 0.15) is 142 Å². The van der Waals surface area contributed by atoms with Crippen molar-refractivity contribution in [2.24, 2.45) is 0 Å². The van der Waals surface area contributed by atoms with Crippen LogP contribution in [0.25, 0.3) is 0 Å². The van der Waals surface area contributed by atoms with Gasteiger partial charge in [0.1, 0.15) is 12.6 Å². The van der Waals surface area contributed by atoms with Crippen LogP contribution in [0.5, 0.6) is 0 Å². The minimum atomic E-state index is -0.679. The first-order valence-electron chi connectivity index (χ1n) is 14.1. The zero-order valence-corrected chi connectivity index (χ0v) is 22.1. The molecule has 192 valence electrons. The first kappa shape index (κ1) is 31.4. The number of rotatable bonds is 25. The molecular weight excluding hydrogens is 398 g/mol. The summed E-state index contributed by atoms with van der Waals surface area (Å²) in [5.41, 5.74) is 0. The highest BCUT2D eigenvalue weighted by Gasteiger charge is 2.19. The minimum Gasteiger partial charge on any atom is -0.481 e. The number of quaternary nitrogens is 1. The van der Waals surface area contributed by atoms with Gasteiger partial charge in [-0.2, -0.15) is 0 Å². The number of aliphatic hydroxyl groups is 1. The summed E-state index contributed by atoms with van der Waals surface area (Å²) in [6, 6.07) is 0. The number of carboxylic acids is 1. The smallest absolute Gasteiger partial charge is 0.303 e. The van der Waals surface area contributed by atoms with Crippen molar-refractivity contribution in [1.29, 1.82) is 0 Å². The van der Waals surface area contributed by atoms with Gasteiger partial charge in [0.2, 0.25) is 0 Å². The van der Waals surface area contributed by atoms with Crippen LogP contribution in [0, 0.1) is 0 Å². The highest BCUT2D eigenvalue weighted by molar-refractivity contribution is 5.66. The molecular formula is C28H58NO3+. The van der Waals surface area contributed by atoms with Gasteiger partial charge in [0.15, 0.2) is 0 Å². The zero-order chi connectivity index (χ0) is 23.9. The van der Waals surface area contributed by atoms with Crippen LogP contribution in [-0.4, -0.2) is 54.0 Å². The molecule has 0 radical (unpaired) electrons. The van der Waals surface area contributed by atoms with E-state index in [9.17, 15) is 9.90 Å². The van der Waals surface area contributed by atoms with E-state index in [1.54, 1.807) is 0 Å². The summed E-state index contributed by atoms with van der Waals surface area (Å²) in [6.07, 6.45) is 25.5. The molecule has 0 aromatic rings. The summed E-state index contributed by atoms with van der Waals surface area (Å²) in [7, 11) is 4.47. The molecule has 1 atom stereocenters. The molecule has 0 aromatic carbocycles. The lowest BCUT2D eigenvalue weighted by atomic mass is 10.0. The lowest BCUT2D eigenvalue weighted by Crippen LogP contribution is -2.45. The predicted molar refractivity (Wildman–Crippen MR) is 138 cm³/mol. The first-order valence-corrected chi connectivity index (χ1v) is 14.1. The van der Waals surface area contributed by atoms with Crippen molar-refractivity contribution in [3.8, 4) is 0 Å². The third-order valence-corrected chi connectivity index (χ3v) is 6.75. The van der Waals surface area contributed by atoms with Gasteiger partial charge in [-0.1, -0.05) is 110 Å². The quantitative estimate of drug-likeness (QED) is 0.109. The number of nitrogens with zero attached hydrogens (tertiary/aromatic N) is 1. The number of hydrogen-bond acceptors (Lipinski definition) is 2. The lowest BCUT2D eigenvalue weighted by molar-refractivity contribution is -0.893. The average Bonchev–Trinajstić information content (AvgIpc) is 2.72. The molecule has 0 bridgehead atoms. The molecule has 0 fully saturated rings. The Balaban J connectivity index is 3.46. The van der Waals surface area contributed by atoms with Crippen LogP contribution in [-0.2, 0) is 4.79 Å². The van der Waals surface area contributed by atoms with Crippen LogP contribution < -0.4 is 0 Å². The summed E-state index contributed by atoms with van der Waals surface area (Å²) in [5, 5.41) is 19.1. The second kappa shape index (κ2) is 22.2. The monoisotopic (exact) mass is 456 g/mol. The van der Waals surface area contributed by atoms with Gasteiger partial charge < -0.3 is 14.7 Å². The summed E-state index contributed by atoms with van der Waals surface area (Å²) in [4.78, 5) is 10.5. The molecule has 0 rings (SSSR count). The van der Waals surface area contributed by atoms with E-state index in [0.717, 1.165) is 49.7 Å². The Morgan fingerprint density at radius 3 is 1.53 bits per heavy atom. The van der Waals surface area contributed by atoms with Gasteiger partial charge in [0.05, 0.1) is 20.6 Å². The van der Waals surface area contributed by atoms with Gasteiger partial charge in [-0.05, 0) is 25.7 Å². The zero-order valence-electron chi connectivity index (χ0n) is 22.1. The van der Waals surface area contributed by atoms with Crippen LogP contribution in [0.15, 0.2) is 0 Å². The lowest BCUT2D eigenvalue weighted by Gasteiger charge is -2.32. The van der Waals surface area contributed by atoms with Gasteiger partial charge in [-0.3, -0.25) is 4.79 Å². The summed E-state index contributed by atoms with van der Waals surface area (Å²) in [5.74, 6) is -0.679.